The van der Waals surface area contributed by atoms with Crippen molar-refractivity contribution in [1.82, 2.24) is 4.90 Å². The third-order valence-electron chi connectivity index (χ3n) is 3.22. The highest BCUT2D eigenvalue weighted by Gasteiger charge is 2.26. The minimum atomic E-state index is -3.97. The molecule has 0 amide bonds. The summed E-state index contributed by atoms with van der Waals surface area (Å²) >= 11 is 0.618. The smallest absolute Gasteiger partial charge is 0.247 e. The van der Waals surface area contributed by atoms with Crippen LogP contribution in [0, 0.1) is 6.92 Å². The SMILES string of the molecule is Cc1cc(S(N)(=O)=O)sc1S(=O)(=O)c1ccc(O)c(CN(C)C)c1. The summed E-state index contributed by atoms with van der Waals surface area (Å²) in [6.45, 7) is 1.88. The summed E-state index contributed by atoms with van der Waals surface area (Å²) in [5.41, 5.74) is 0.771. The van der Waals surface area contributed by atoms with Crippen LogP contribution in [0.2, 0.25) is 0 Å². The average Bonchev–Trinajstić information content (AvgIpc) is 2.83. The Hall–Kier alpha value is -1.46. The van der Waals surface area contributed by atoms with Crippen LogP contribution in [0.1, 0.15) is 11.1 Å². The van der Waals surface area contributed by atoms with Crippen LogP contribution < -0.4 is 5.14 Å². The fourth-order valence-electron chi connectivity index (χ4n) is 2.15. The van der Waals surface area contributed by atoms with Crippen LogP contribution in [0.3, 0.4) is 0 Å². The molecule has 0 aliphatic carbocycles. The lowest BCUT2D eigenvalue weighted by atomic mass is 10.2. The number of nitrogens with zero attached hydrogens (tertiary/aromatic N) is 1. The second kappa shape index (κ2) is 6.45. The van der Waals surface area contributed by atoms with Crippen LogP contribution in [0.15, 0.2) is 37.6 Å². The van der Waals surface area contributed by atoms with Crippen LogP contribution in [-0.2, 0) is 26.4 Å². The number of benzene rings is 1. The molecule has 0 aliphatic heterocycles. The molecular formula is C14H18N2O5S3. The van der Waals surface area contributed by atoms with Crippen molar-refractivity contribution in [2.45, 2.75) is 26.8 Å². The molecule has 10 heteroatoms. The van der Waals surface area contributed by atoms with Crippen molar-refractivity contribution in [2.75, 3.05) is 14.1 Å². The Morgan fingerprint density at radius 1 is 1.17 bits per heavy atom. The zero-order valence-corrected chi connectivity index (χ0v) is 15.8. The van der Waals surface area contributed by atoms with E-state index in [0.717, 1.165) is 0 Å². The van der Waals surface area contributed by atoms with Gasteiger partial charge in [-0.1, -0.05) is 0 Å². The number of aryl methyl sites for hydroxylation is 1. The molecule has 24 heavy (non-hydrogen) atoms. The first-order valence-corrected chi connectivity index (χ1v) is 10.6. The first kappa shape index (κ1) is 18.9. The van der Waals surface area contributed by atoms with Gasteiger partial charge in [-0.3, -0.25) is 0 Å². The molecule has 0 spiro atoms. The number of sulfonamides is 1. The van der Waals surface area contributed by atoms with Crippen LogP contribution in [0.25, 0.3) is 0 Å². The van der Waals surface area contributed by atoms with Crippen molar-refractivity contribution < 1.29 is 21.9 Å². The van der Waals surface area contributed by atoms with Gasteiger partial charge >= 0.3 is 0 Å². The largest absolute Gasteiger partial charge is 0.508 e. The number of sulfone groups is 1. The fourth-order valence-corrected chi connectivity index (χ4v) is 6.24. The molecule has 1 heterocycles. The van der Waals surface area contributed by atoms with E-state index < -0.39 is 19.9 Å². The number of nitrogens with two attached hydrogens (primary N) is 1. The minimum Gasteiger partial charge on any atom is -0.508 e. The van der Waals surface area contributed by atoms with Crippen molar-refractivity contribution in [3.05, 3.63) is 35.4 Å². The van der Waals surface area contributed by atoms with E-state index in [0.29, 0.717) is 29.0 Å². The van der Waals surface area contributed by atoms with E-state index in [2.05, 4.69) is 0 Å². The van der Waals surface area contributed by atoms with Crippen molar-refractivity contribution in [2.24, 2.45) is 5.14 Å². The monoisotopic (exact) mass is 390 g/mol. The summed E-state index contributed by atoms with van der Waals surface area (Å²) in [5.74, 6) is -0.00391. The molecule has 0 bridgehead atoms. The number of aromatic hydroxyl groups is 1. The summed E-state index contributed by atoms with van der Waals surface area (Å²) in [7, 11) is -4.30. The van der Waals surface area contributed by atoms with Gasteiger partial charge in [-0.15, -0.1) is 11.3 Å². The molecule has 0 saturated heterocycles. The van der Waals surface area contributed by atoms with Gasteiger partial charge in [0.2, 0.25) is 19.9 Å². The molecule has 3 N–H and O–H groups in total. The Bertz CT molecular complexity index is 976. The highest BCUT2D eigenvalue weighted by atomic mass is 32.3. The molecule has 2 aromatic rings. The maximum atomic E-state index is 12.8. The molecule has 0 unspecified atom stereocenters. The van der Waals surface area contributed by atoms with Crippen LogP contribution in [-0.4, -0.2) is 40.9 Å². The summed E-state index contributed by atoms with van der Waals surface area (Å²) < 4.78 is 48.2. The standard InChI is InChI=1S/C14H18N2O5S3/c1-9-6-13(24(15,20)21)22-14(9)23(18,19)11-4-5-12(17)10(7-11)8-16(2)3/h4-7,17H,8H2,1-3H3,(H2,15,20,21). The van der Waals surface area contributed by atoms with Crippen molar-refractivity contribution in [3.63, 3.8) is 0 Å². The first-order chi connectivity index (χ1) is 10.9. The van der Waals surface area contributed by atoms with E-state index in [9.17, 15) is 21.9 Å². The van der Waals surface area contributed by atoms with Crippen LogP contribution in [0.4, 0.5) is 0 Å². The molecule has 132 valence electrons. The van der Waals surface area contributed by atoms with E-state index in [1.54, 1.807) is 19.0 Å². The number of primary sulfonamides is 1. The van der Waals surface area contributed by atoms with Gasteiger partial charge in [0.15, 0.2) is 0 Å². The normalized spacial score (nSPS) is 12.7. The lowest BCUT2D eigenvalue weighted by Gasteiger charge is -2.13. The number of phenols is 1. The predicted molar refractivity (Wildman–Crippen MR) is 91.4 cm³/mol. The molecular weight excluding hydrogens is 372 g/mol. The van der Waals surface area contributed by atoms with E-state index in [-0.39, 0.29) is 19.1 Å². The average molecular weight is 391 g/mol. The van der Waals surface area contributed by atoms with E-state index in [4.69, 9.17) is 5.14 Å². The number of rotatable bonds is 5. The lowest BCUT2D eigenvalue weighted by Crippen LogP contribution is -2.11. The maximum Gasteiger partial charge on any atom is 0.247 e. The molecule has 0 saturated carbocycles. The highest BCUT2D eigenvalue weighted by Crippen LogP contribution is 2.34. The number of hydrogen-bond acceptors (Lipinski definition) is 7. The minimum absolute atomic E-state index is 0.00391. The lowest BCUT2D eigenvalue weighted by molar-refractivity contribution is 0.385. The van der Waals surface area contributed by atoms with Crippen molar-refractivity contribution in [3.8, 4) is 5.75 Å². The second-order valence-electron chi connectivity index (χ2n) is 5.61. The molecule has 2 rings (SSSR count). The molecule has 0 fully saturated rings. The summed E-state index contributed by atoms with van der Waals surface area (Å²) in [5, 5.41) is 14.9. The van der Waals surface area contributed by atoms with Gasteiger partial charge in [0.05, 0.1) is 4.90 Å². The second-order valence-corrected chi connectivity index (χ2v) is 10.6. The van der Waals surface area contributed by atoms with Gasteiger partial charge in [0, 0.05) is 12.1 Å². The van der Waals surface area contributed by atoms with E-state index >= 15 is 0 Å². The summed E-state index contributed by atoms with van der Waals surface area (Å²) in [4.78, 5) is 1.78. The number of phenolic OH excluding ortho intramolecular Hbond substituents is 1. The molecule has 1 aromatic heterocycles. The highest BCUT2D eigenvalue weighted by molar-refractivity contribution is 7.95. The van der Waals surface area contributed by atoms with E-state index in [1.165, 1.54) is 31.2 Å². The first-order valence-electron chi connectivity index (χ1n) is 6.78. The van der Waals surface area contributed by atoms with Crippen molar-refractivity contribution >= 4 is 31.2 Å². The number of thiophene rings is 1. The topological polar surface area (TPSA) is 118 Å². The number of hydrogen-bond donors (Lipinski definition) is 2. The Morgan fingerprint density at radius 3 is 2.29 bits per heavy atom. The van der Waals surface area contributed by atoms with Crippen LogP contribution in [0.5, 0.6) is 5.75 Å². The van der Waals surface area contributed by atoms with Gasteiger partial charge in [-0.25, -0.2) is 22.0 Å². The zero-order chi connectivity index (χ0) is 18.3. The van der Waals surface area contributed by atoms with Gasteiger partial charge in [-0.05, 0) is 50.8 Å². The Balaban J connectivity index is 2.58. The third-order valence-corrected chi connectivity index (χ3v) is 8.27. The molecule has 0 atom stereocenters. The zero-order valence-electron chi connectivity index (χ0n) is 13.3. The van der Waals surface area contributed by atoms with E-state index in [1.807, 2.05) is 0 Å². The van der Waals surface area contributed by atoms with Crippen molar-refractivity contribution in [1.29, 1.82) is 0 Å². The van der Waals surface area contributed by atoms with Crippen LogP contribution >= 0.6 is 11.3 Å². The molecule has 7 nitrogen and oxygen atoms in total. The Kier molecular flexibility index (Phi) is 5.07. The predicted octanol–water partition coefficient (Wildman–Crippen LogP) is 1.30. The third kappa shape index (κ3) is 3.78. The molecule has 0 aliphatic rings. The Labute approximate surface area is 145 Å². The summed E-state index contributed by atoms with van der Waals surface area (Å²) in [6.07, 6.45) is 0. The Morgan fingerprint density at radius 2 is 1.79 bits per heavy atom. The summed E-state index contributed by atoms with van der Waals surface area (Å²) in [6, 6.07) is 5.24. The molecule has 1 aromatic carbocycles. The maximum absolute atomic E-state index is 12.8. The quantitative estimate of drug-likeness (QED) is 0.795. The molecule has 0 radical (unpaired) electrons. The van der Waals surface area contributed by atoms with Gasteiger partial charge in [0.1, 0.15) is 14.2 Å². The van der Waals surface area contributed by atoms with Gasteiger partial charge in [-0.2, -0.15) is 0 Å². The fraction of sp³-hybridized carbons (Fsp3) is 0.286. The van der Waals surface area contributed by atoms with Gasteiger partial charge in [0.25, 0.3) is 0 Å². The van der Waals surface area contributed by atoms with Gasteiger partial charge < -0.3 is 10.0 Å².